The second-order valence-electron chi connectivity index (χ2n) is 4.57. The van der Waals surface area contributed by atoms with Gasteiger partial charge in [0.05, 0.1) is 5.52 Å². The van der Waals surface area contributed by atoms with Crippen LogP contribution < -0.4 is 5.32 Å². The maximum Gasteiger partial charge on any atom is 0.0761 e. The van der Waals surface area contributed by atoms with E-state index in [1.165, 1.54) is 5.56 Å². The van der Waals surface area contributed by atoms with Crippen LogP contribution in [-0.4, -0.2) is 9.97 Å². The highest BCUT2D eigenvalue weighted by molar-refractivity contribution is 6.35. The van der Waals surface area contributed by atoms with Gasteiger partial charge in [0.25, 0.3) is 0 Å². The fourth-order valence-electron chi connectivity index (χ4n) is 2.18. The zero-order valence-electron chi connectivity index (χ0n) is 10.9. The van der Waals surface area contributed by atoms with Gasteiger partial charge >= 0.3 is 0 Å². The first-order valence-corrected chi connectivity index (χ1v) is 6.84. The van der Waals surface area contributed by atoms with Gasteiger partial charge < -0.3 is 5.32 Å². The summed E-state index contributed by atoms with van der Waals surface area (Å²) in [7, 11) is 0. The number of pyridine rings is 2. The van der Waals surface area contributed by atoms with Crippen LogP contribution in [0.3, 0.4) is 0 Å². The summed E-state index contributed by atoms with van der Waals surface area (Å²) >= 11 is 6.19. The van der Waals surface area contributed by atoms with E-state index in [4.69, 9.17) is 11.6 Å². The third-order valence-electron chi connectivity index (χ3n) is 3.19. The van der Waals surface area contributed by atoms with Crippen LogP contribution in [-0.2, 0) is 13.1 Å². The predicted molar refractivity (Wildman–Crippen MR) is 81.5 cm³/mol. The topological polar surface area (TPSA) is 37.8 Å². The maximum absolute atomic E-state index is 6.19. The first-order chi connectivity index (χ1) is 9.84. The molecule has 0 saturated heterocycles. The van der Waals surface area contributed by atoms with Crippen LogP contribution in [0.2, 0.25) is 5.02 Å². The number of nitrogens with one attached hydrogen (secondary N) is 1. The highest BCUT2D eigenvalue weighted by Gasteiger charge is 2.05. The van der Waals surface area contributed by atoms with E-state index < -0.39 is 0 Å². The Kier molecular flexibility index (Phi) is 3.90. The van der Waals surface area contributed by atoms with Crippen LogP contribution >= 0.6 is 11.6 Å². The van der Waals surface area contributed by atoms with Crippen molar-refractivity contribution in [1.29, 1.82) is 0 Å². The third-order valence-corrected chi connectivity index (χ3v) is 3.52. The van der Waals surface area contributed by atoms with Gasteiger partial charge in [-0.2, -0.15) is 0 Å². The minimum Gasteiger partial charge on any atom is -0.309 e. The Morgan fingerprint density at radius 3 is 2.65 bits per heavy atom. The van der Waals surface area contributed by atoms with Gasteiger partial charge in [-0.3, -0.25) is 9.97 Å². The lowest BCUT2D eigenvalue weighted by Gasteiger charge is -2.08. The molecule has 1 aromatic carbocycles. The quantitative estimate of drug-likeness (QED) is 0.795. The van der Waals surface area contributed by atoms with Gasteiger partial charge in [-0.15, -0.1) is 0 Å². The lowest BCUT2D eigenvalue weighted by molar-refractivity contribution is 0.695. The number of fused-ring (bicyclic) bond motifs is 1. The standard InChI is InChI=1S/C16H14ClN3/c17-15-4-3-13(16-14(15)2-1-7-20-16)11-19-10-12-5-8-18-9-6-12/h1-9,19H,10-11H2. The first-order valence-electron chi connectivity index (χ1n) is 6.46. The van der Waals surface area contributed by atoms with Crippen LogP contribution in [0.1, 0.15) is 11.1 Å². The fourth-order valence-corrected chi connectivity index (χ4v) is 2.40. The highest BCUT2D eigenvalue weighted by atomic mass is 35.5. The summed E-state index contributed by atoms with van der Waals surface area (Å²) in [6, 6.07) is 11.9. The molecule has 0 aliphatic carbocycles. The smallest absolute Gasteiger partial charge is 0.0761 e. The van der Waals surface area contributed by atoms with Crippen LogP contribution in [0.5, 0.6) is 0 Å². The van der Waals surface area contributed by atoms with Crippen LogP contribution in [0.15, 0.2) is 55.0 Å². The number of nitrogens with zero attached hydrogens (tertiary/aromatic N) is 2. The third kappa shape index (κ3) is 2.79. The molecule has 0 saturated carbocycles. The molecule has 0 aliphatic heterocycles. The summed E-state index contributed by atoms with van der Waals surface area (Å²) in [5.74, 6) is 0. The Labute approximate surface area is 122 Å². The Hall–Kier alpha value is -1.97. The van der Waals surface area contributed by atoms with Gasteiger partial charge in [0.15, 0.2) is 0 Å². The van der Waals surface area contributed by atoms with Gasteiger partial charge in [0, 0.05) is 42.1 Å². The SMILES string of the molecule is Clc1ccc(CNCc2ccncc2)c2ncccc12. The van der Waals surface area contributed by atoms with Crippen LogP contribution in [0.25, 0.3) is 10.9 Å². The average molecular weight is 284 g/mol. The highest BCUT2D eigenvalue weighted by Crippen LogP contribution is 2.24. The first kappa shape index (κ1) is 13.0. The second kappa shape index (κ2) is 5.99. The van der Waals surface area contributed by atoms with Gasteiger partial charge in [0.2, 0.25) is 0 Å². The number of benzene rings is 1. The Bertz CT molecular complexity index is 713. The van der Waals surface area contributed by atoms with E-state index in [-0.39, 0.29) is 0 Å². The van der Waals surface area contributed by atoms with Crippen molar-refractivity contribution < 1.29 is 0 Å². The Balaban J connectivity index is 1.77. The molecule has 0 unspecified atom stereocenters. The summed E-state index contributed by atoms with van der Waals surface area (Å²) in [5.41, 5.74) is 3.33. The Morgan fingerprint density at radius 1 is 0.950 bits per heavy atom. The van der Waals surface area contributed by atoms with Gasteiger partial charge in [-0.1, -0.05) is 17.7 Å². The number of halogens is 1. The summed E-state index contributed by atoms with van der Waals surface area (Å²) in [4.78, 5) is 8.44. The lowest BCUT2D eigenvalue weighted by atomic mass is 10.1. The fraction of sp³-hybridized carbons (Fsp3) is 0.125. The number of hydrogen-bond donors (Lipinski definition) is 1. The van der Waals surface area contributed by atoms with Crippen molar-refractivity contribution in [2.24, 2.45) is 0 Å². The molecule has 0 bridgehead atoms. The molecule has 1 N–H and O–H groups in total. The van der Waals surface area contributed by atoms with Gasteiger partial charge in [0.1, 0.15) is 0 Å². The van der Waals surface area contributed by atoms with E-state index in [1.54, 1.807) is 18.6 Å². The molecule has 2 heterocycles. The number of rotatable bonds is 4. The maximum atomic E-state index is 6.19. The van der Waals surface area contributed by atoms with Gasteiger partial charge in [-0.25, -0.2) is 0 Å². The lowest BCUT2D eigenvalue weighted by Crippen LogP contribution is -2.13. The molecule has 2 aromatic heterocycles. The van der Waals surface area contributed by atoms with E-state index in [1.807, 2.05) is 36.4 Å². The molecule has 3 rings (SSSR count). The molecule has 0 atom stereocenters. The molecule has 3 nitrogen and oxygen atoms in total. The summed E-state index contributed by atoms with van der Waals surface area (Å²) < 4.78 is 0. The molecular weight excluding hydrogens is 270 g/mol. The molecule has 20 heavy (non-hydrogen) atoms. The molecular formula is C16H14ClN3. The van der Waals surface area contributed by atoms with E-state index >= 15 is 0 Å². The summed E-state index contributed by atoms with van der Waals surface area (Å²) in [5, 5.41) is 5.16. The molecule has 4 heteroatoms. The van der Waals surface area contributed by atoms with Crippen molar-refractivity contribution in [3.63, 3.8) is 0 Å². The summed E-state index contributed by atoms with van der Waals surface area (Å²) in [6.45, 7) is 1.56. The molecule has 0 radical (unpaired) electrons. The number of aromatic nitrogens is 2. The van der Waals surface area contributed by atoms with Gasteiger partial charge in [-0.05, 0) is 41.5 Å². The minimum absolute atomic E-state index is 0.742. The predicted octanol–water partition coefficient (Wildman–Crippen LogP) is 3.57. The zero-order chi connectivity index (χ0) is 13.8. The molecule has 0 spiro atoms. The van der Waals surface area contributed by atoms with E-state index in [9.17, 15) is 0 Å². The van der Waals surface area contributed by atoms with Crippen molar-refractivity contribution in [2.45, 2.75) is 13.1 Å². The molecule has 0 fully saturated rings. The molecule has 3 aromatic rings. The number of hydrogen-bond acceptors (Lipinski definition) is 3. The average Bonchev–Trinajstić information content (AvgIpc) is 2.51. The van der Waals surface area contributed by atoms with E-state index in [0.717, 1.165) is 34.6 Å². The van der Waals surface area contributed by atoms with Crippen molar-refractivity contribution in [1.82, 2.24) is 15.3 Å². The van der Waals surface area contributed by atoms with E-state index in [0.29, 0.717) is 0 Å². The largest absolute Gasteiger partial charge is 0.309 e. The molecule has 0 aliphatic rings. The Morgan fingerprint density at radius 2 is 1.80 bits per heavy atom. The van der Waals surface area contributed by atoms with Crippen molar-refractivity contribution >= 4 is 22.5 Å². The zero-order valence-corrected chi connectivity index (χ0v) is 11.6. The second-order valence-corrected chi connectivity index (χ2v) is 4.97. The minimum atomic E-state index is 0.742. The van der Waals surface area contributed by atoms with Crippen molar-refractivity contribution in [3.05, 3.63) is 71.1 Å². The molecule has 0 amide bonds. The van der Waals surface area contributed by atoms with Crippen LogP contribution in [0, 0.1) is 0 Å². The monoisotopic (exact) mass is 283 g/mol. The van der Waals surface area contributed by atoms with Crippen molar-refractivity contribution in [3.8, 4) is 0 Å². The van der Waals surface area contributed by atoms with Crippen LogP contribution in [0.4, 0.5) is 0 Å². The molecule has 100 valence electrons. The normalized spacial score (nSPS) is 10.8. The summed E-state index contributed by atoms with van der Waals surface area (Å²) in [6.07, 6.45) is 5.40. The van der Waals surface area contributed by atoms with E-state index in [2.05, 4.69) is 15.3 Å². The van der Waals surface area contributed by atoms with Crippen molar-refractivity contribution in [2.75, 3.05) is 0 Å².